The smallest absolute Gasteiger partial charge is 0.227 e. The van der Waals surface area contributed by atoms with Gasteiger partial charge >= 0.3 is 0 Å². The number of rotatable bonds is 7. The molecule has 2 N–H and O–H groups in total. The molecule has 0 bridgehead atoms. The van der Waals surface area contributed by atoms with Crippen molar-refractivity contribution in [3.63, 3.8) is 0 Å². The van der Waals surface area contributed by atoms with Crippen molar-refractivity contribution in [2.45, 2.75) is 6.54 Å². The summed E-state index contributed by atoms with van der Waals surface area (Å²) in [5.41, 5.74) is 19.8. The second-order valence-electron chi connectivity index (χ2n) is 14.4. The molecule has 11 rings (SSSR count). The van der Waals surface area contributed by atoms with Gasteiger partial charge in [-0.05, 0) is 71.3 Å². The van der Waals surface area contributed by atoms with Crippen LogP contribution in [0.3, 0.4) is 0 Å². The summed E-state index contributed by atoms with van der Waals surface area (Å²) in [4.78, 5) is 9.99. The largest absolute Gasteiger partial charge is 0.436 e. The van der Waals surface area contributed by atoms with E-state index in [0.717, 1.165) is 72.0 Å². The minimum Gasteiger partial charge on any atom is -0.436 e. The molecule has 0 fully saturated rings. The van der Waals surface area contributed by atoms with Gasteiger partial charge in [-0.25, -0.2) is 4.98 Å². The summed E-state index contributed by atoms with van der Waals surface area (Å²) < 4.78 is 11.3. The monoisotopic (exact) mass is 733 g/mol. The van der Waals surface area contributed by atoms with Crippen LogP contribution in [0.25, 0.3) is 88.7 Å². The van der Waals surface area contributed by atoms with Crippen molar-refractivity contribution in [2.24, 2.45) is 10.7 Å². The van der Waals surface area contributed by atoms with E-state index in [-0.39, 0.29) is 0 Å². The van der Waals surface area contributed by atoms with Crippen molar-refractivity contribution in [3.8, 4) is 34.0 Å². The fourth-order valence-corrected chi connectivity index (χ4v) is 8.48. The van der Waals surface area contributed by atoms with Gasteiger partial charge in [0.15, 0.2) is 5.58 Å². The molecule has 3 aromatic heterocycles. The lowest BCUT2D eigenvalue weighted by atomic mass is 9.99. The van der Waals surface area contributed by atoms with Crippen LogP contribution in [0.5, 0.6) is 0 Å². The Balaban J connectivity index is 1.21. The summed E-state index contributed by atoms with van der Waals surface area (Å²) in [6, 6.07) is 65.5. The van der Waals surface area contributed by atoms with Crippen molar-refractivity contribution >= 4 is 60.5 Å². The lowest BCUT2D eigenvalue weighted by Gasteiger charge is -2.15. The number of aliphatic imine (C=N–C) groups is 1. The molecule has 8 aromatic carbocycles. The van der Waals surface area contributed by atoms with Crippen LogP contribution in [0.15, 0.2) is 197 Å². The Kier molecular flexibility index (Phi) is 7.60. The van der Waals surface area contributed by atoms with Crippen LogP contribution >= 0.6 is 0 Å². The normalized spacial score (nSPS) is 12.1. The zero-order chi connectivity index (χ0) is 37.9. The number of para-hydroxylation sites is 2. The Labute approximate surface area is 328 Å². The molecule has 0 aliphatic carbocycles. The van der Waals surface area contributed by atoms with Crippen LogP contribution in [-0.4, -0.2) is 20.0 Å². The maximum Gasteiger partial charge on any atom is 0.227 e. The summed E-state index contributed by atoms with van der Waals surface area (Å²) in [5, 5.41) is 4.55. The first-order valence-electron chi connectivity index (χ1n) is 19.2. The molecule has 3 heterocycles. The molecule has 0 atom stereocenters. The number of nitrogens with zero attached hydrogens (tertiary/aromatic N) is 4. The molecular formula is C51H35N5O. The predicted molar refractivity (Wildman–Crippen MR) is 234 cm³/mol. The number of oxazole rings is 1. The van der Waals surface area contributed by atoms with Crippen LogP contribution < -0.4 is 5.73 Å². The quantitative estimate of drug-likeness (QED) is 0.131. The molecular weight excluding hydrogens is 699 g/mol. The molecule has 270 valence electrons. The van der Waals surface area contributed by atoms with E-state index in [1.807, 2.05) is 66.7 Å². The minimum absolute atomic E-state index is 0.446. The van der Waals surface area contributed by atoms with Gasteiger partial charge in [0.2, 0.25) is 5.89 Å². The molecule has 0 spiro atoms. The standard InChI is InChI=1S/C51H35N5O/c52-50(35-18-6-2-7-19-35)53-32-33-15-12-22-37(31-33)55-43-29-30-45-48(54-51(57-45)36-20-8-3-9-21-36)47(43)40-25-14-28-44(49(40)55)56-41-26-11-10-23-39(41)46-38(24-13-27-42(46)56)34-16-4-1-5-17-34/h1-31H,32H2,(H2,52,53). The zero-order valence-corrected chi connectivity index (χ0v) is 30.9. The van der Waals surface area contributed by atoms with Crippen molar-refractivity contribution in [1.82, 2.24) is 14.1 Å². The van der Waals surface area contributed by atoms with Crippen molar-refractivity contribution in [1.29, 1.82) is 0 Å². The minimum atomic E-state index is 0.446. The van der Waals surface area contributed by atoms with E-state index in [4.69, 9.17) is 20.1 Å². The first-order chi connectivity index (χ1) is 28.2. The van der Waals surface area contributed by atoms with Gasteiger partial charge in [-0.1, -0.05) is 133 Å². The van der Waals surface area contributed by atoms with E-state index in [1.165, 1.54) is 21.9 Å². The van der Waals surface area contributed by atoms with Crippen molar-refractivity contribution in [2.75, 3.05) is 0 Å². The van der Waals surface area contributed by atoms with Gasteiger partial charge in [0.1, 0.15) is 11.4 Å². The van der Waals surface area contributed by atoms with Crippen molar-refractivity contribution < 1.29 is 4.42 Å². The third kappa shape index (κ3) is 5.34. The third-order valence-corrected chi connectivity index (χ3v) is 11.0. The van der Waals surface area contributed by atoms with Crippen LogP contribution in [0.2, 0.25) is 0 Å². The molecule has 6 heteroatoms. The van der Waals surface area contributed by atoms with Gasteiger partial charge in [0, 0.05) is 38.4 Å². The van der Waals surface area contributed by atoms with Gasteiger partial charge in [0.05, 0.1) is 34.3 Å². The summed E-state index contributed by atoms with van der Waals surface area (Å²) in [5.74, 6) is 1.12. The molecule has 0 saturated carbocycles. The Morgan fingerprint density at radius 3 is 2.05 bits per heavy atom. The molecule has 0 unspecified atom stereocenters. The van der Waals surface area contributed by atoms with Gasteiger partial charge in [-0.15, -0.1) is 0 Å². The van der Waals surface area contributed by atoms with Crippen LogP contribution in [0.4, 0.5) is 0 Å². The highest BCUT2D eigenvalue weighted by atomic mass is 16.3. The van der Waals surface area contributed by atoms with E-state index in [2.05, 4.69) is 130 Å². The van der Waals surface area contributed by atoms with Gasteiger partial charge in [-0.2, -0.15) is 0 Å². The summed E-state index contributed by atoms with van der Waals surface area (Å²) >= 11 is 0. The Morgan fingerprint density at radius 2 is 1.23 bits per heavy atom. The number of nitrogens with two attached hydrogens (primary N) is 1. The lowest BCUT2D eigenvalue weighted by molar-refractivity contribution is 0.620. The summed E-state index contributed by atoms with van der Waals surface area (Å²) in [7, 11) is 0. The first-order valence-corrected chi connectivity index (χ1v) is 19.2. The van der Waals surface area contributed by atoms with Gasteiger partial charge < -0.3 is 19.3 Å². The van der Waals surface area contributed by atoms with Crippen LogP contribution in [0.1, 0.15) is 11.1 Å². The topological polar surface area (TPSA) is 74.3 Å². The summed E-state index contributed by atoms with van der Waals surface area (Å²) in [6.07, 6.45) is 0. The number of amidine groups is 1. The van der Waals surface area contributed by atoms with Crippen LogP contribution in [-0.2, 0) is 6.54 Å². The maximum atomic E-state index is 6.46. The predicted octanol–water partition coefficient (Wildman–Crippen LogP) is 12.3. The highest BCUT2D eigenvalue weighted by molar-refractivity contribution is 6.22. The maximum absolute atomic E-state index is 6.46. The second kappa shape index (κ2) is 13.3. The van der Waals surface area contributed by atoms with Gasteiger partial charge in [-0.3, -0.25) is 4.99 Å². The Bertz CT molecular complexity index is 3320. The van der Waals surface area contributed by atoms with E-state index in [9.17, 15) is 0 Å². The molecule has 0 radical (unpaired) electrons. The Morgan fingerprint density at radius 1 is 0.561 bits per heavy atom. The molecule has 0 aliphatic heterocycles. The molecule has 57 heavy (non-hydrogen) atoms. The number of hydrogen-bond acceptors (Lipinski definition) is 3. The Hall–Kier alpha value is -7.70. The fourth-order valence-electron chi connectivity index (χ4n) is 8.48. The number of fused-ring (bicyclic) bond motifs is 8. The first kappa shape index (κ1) is 32.7. The average molecular weight is 734 g/mol. The van der Waals surface area contributed by atoms with E-state index >= 15 is 0 Å². The summed E-state index contributed by atoms with van der Waals surface area (Å²) in [6.45, 7) is 0.446. The van der Waals surface area contributed by atoms with Gasteiger partial charge in [0.25, 0.3) is 0 Å². The second-order valence-corrected chi connectivity index (χ2v) is 14.4. The van der Waals surface area contributed by atoms with Crippen LogP contribution in [0, 0.1) is 0 Å². The number of hydrogen-bond donors (Lipinski definition) is 1. The molecule has 0 aliphatic rings. The number of benzene rings is 8. The highest BCUT2D eigenvalue weighted by Gasteiger charge is 2.24. The third-order valence-electron chi connectivity index (χ3n) is 11.0. The molecule has 6 nitrogen and oxygen atoms in total. The average Bonchev–Trinajstić information content (AvgIpc) is 3.97. The molecule has 0 amide bonds. The lowest BCUT2D eigenvalue weighted by Crippen LogP contribution is -2.13. The SMILES string of the molecule is NC(=NCc1cccc(-n2c3ccc4oc(-c5ccccc5)nc4c3c3cccc(-n4c5ccccc5c5c(-c6ccccc6)cccc54)c32)c1)c1ccccc1. The molecule has 0 saturated heterocycles. The van der Waals surface area contributed by atoms with E-state index in [0.29, 0.717) is 18.3 Å². The van der Waals surface area contributed by atoms with E-state index in [1.54, 1.807) is 0 Å². The van der Waals surface area contributed by atoms with Crippen molar-refractivity contribution in [3.05, 3.63) is 199 Å². The number of aromatic nitrogens is 3. The fraction of sp³-hybridized carbons (Fsp3) is 0.0196. The van der Waals surface area contributed by atoms with E-state index < -0.39 is 0 Å². The highest BCUT2D eigenvalue weighted by Crippen LogP contribution is 2.44. The molecule has 11 aromatic rings. The zero-order valence-electron chi connectivity index (χ0n) is 30.9.